The lowest BCUT2D eigenvalue weighted by Gasteiger charge is -2.14. The molecule has 0 aliphatic carbocycles. The second kappa shape index (κ2) is 8.20. The average molecular weight is 415 g/mol. The number of aromatic nitrogens is 2. The van der Waals surface area contributed by atoms with Gasteiger partial charge in [0.15, 0.2) is 5.78 Å². The predicted molar refractivity (Wildman–Crippen MR) is 132 cm³/mol. The summed E-state index contributed by atoms with van der Waals surface area (Å²) in [6.45, 7) is 3.97. The van der Waals surface area contributed by atoms with E-state index in [1.54, 1.807) is 12.3 Å². The number of hydrogen-bond donors (Lipinski definition) is 0. The van der Waals surface area contributed by atoms with Gasteiger partial charge in [-0.25, -0.2) is 0 Å². The van der Waals surface area contributed by atoms with E-state index in [1.165, 1.54) is 0 Å². The van der Waals surface area contributed by atoms with Crippen LogP contribution in [0.15, 0.2) is 91.1 Å². The molecule has 0 radical (unpaired) electrons. The van der Waals surface area contributed by atoms with E-state index in [-0.39, 0.29) is 5.78 Å². The first-order valence-electron chi connectivity index (χ1n) is 10.6. The summed E-state index contributed by atoms with van der Waals surface area (Å²) >= 11 is 0. The number of fused-ring (bicyclic) bond motifs is 2. The van der Waals surface area contributed by atoms with E-state index in [1.807, 2.05) is 79.7 Å². The summed E-state index contributed by atoms with van der Waals surface area (Å²) in [5.74, 6) is -0.0571. The predicted octanol–water partition coefficient (Wildman–Crippen LogP) is 6.96. The van der Waals surface area contributed by atoms with Crippen LogP contribution in [0.3, 0.4) is 0 Å². The molecule has 0 atom stereocenters. The quantitative estimate of drug-likeness (QED) is 0.236. The Labute approximate surface area is 187 Å². The van der Waals surface area contributed by atoms with Crippen molar-refractivity contribution in [3.05, 3.63) is 114 Å². The average Bonchev–Trinajstić information content (AvgIpc) is 2.82. The standard InChI is InChI=1S/C29H22N2O/c1-19-10-14-25-24(17-19)29(23-7-4-3-5-8-23)28(20(2)31-25)27(32)15-12-21-11-13-22-9-6-16-30-26(22)18-21/h3-18H,1-2H3/b15-12+. The highest BCUT2D eigenvalue weighted by molar-refractivity contribution is 6.16. The van der Waals surface area contributed by atoms with E-state index in [4.69, 9.17) is 4.98 Å². The van der Waals surface area contributed by atoms with Gasteiger partial charge in [0.1, 0.15) is 0 Å². The Kier molecular flexibility index (Phi) is 5.08. The van der Waals surface area contributed by atoms with E-state index < -0.39 is 0 Å². The lowest BCUT2D eigenvalue weighted by atomic mass is 9.91. The SMILES string of the molecule is Cc1ccc2nc(C)c(C(=O)/C=C/c3ccc4cccnc4c3)c(-c3ccccc3)c2c1. The van der Waals surface area contributed by atoms with Crippen molar-refractivity contribution in [2.24, 2.45) is 0 Å². The summed E-state index contributed by atoms with van der Waals surface area (Å²) in [4.78, 5) is 22.6. The summed E-state index contributed by atoms with van der Waals surface area (Å²) in [5, 5.41) is 2.07. The molecule has 0 saturated heterocycles. The fourth-order valence-electron chi connectivity index (χ4n) is 4.15. The molecular formula is C29H22N2O. The highest BCUT2D eigenvalue weighted by Crippen LogP contribution is 2.34. The van der Waals surface area contributed by atoms with Crippen LogP contribution in [0.5, 0.6) is 0 Å². The minimum atomic E-state index is -0.0571. The van der Waals surface area contributed by atoms with Gasteiger partial charge < -0.3 is 0 Å². The first kappa shape index (κ1) is 19.8. The number of pyridine rings is 2. The Morgan fingerprint density at radius 1 is 0.844 bits per heavy atom. The van der Waals surface area contributed by atoms with Gasteiger partial charge in [-0.15, -0.1) is 0 Å². The number of allylic oxidation sites excluding steroid dienone is 1. The van der Waals surface area contributed by atoms with Crippen molar-refractivity contribution in [3.8, 4) is 11.1 Å². The molecule has 0 unspecified atom stereocenters. The maximum Gasteiger partial charge on any atom is 0.188 e. The number of carbonyl (C=O) groups excluding carboxylic acids is 1. The highest BCUT2D eigenvalue weighted by atomic mass is 16.1. The molecular weight excluding hydrogens is 392 g/mol. The summed E-state index contributed by atoms with van der Waals surface area (Å²) < 4.78 is 0. The minimum Gasteiger partial charge on any atom is -0.289 e. The minimum absolute atomic E-state index is 0.0571. The number of rotatable bonds is 4. The second-order valence-corrected chi connectivity index (χ2v) is 7.99. The topological polar surface area (TPSA) is 42.9 Å². The van der Waals surface area contributed by atoms with Gasteiger partial charge in [-0.05, 0) is 55.3 Å². The van der Waals surface area contributed by atoms with Crippen molar-refractivity contribution in [3.63, 3.8) is 0 Å². The van der Waals surface area contributed by atoms with Crippen LogP contribution in [-0.4, -0.2) is 15.8 Å². The summed E-state index contributed by atoms with van der Waals surface area (Å²) in [5.41, 5.74) is 7.21. The Balaban J connectivity index is 1.64. The summed E-state index contributed by atoms with van der Waals surface area (Å²) in [6.07, 6.45) is 5.27. The van der Waals surface area contributed by atoms with E-state index in [0.717, 1.165) is 49.8 Å². The van der Waals surface area contributed by atoms with E-state index >= 15 is 0 Å². The molecule has 0 amide bonds. The zero-order valence-corrected chi connectivity index (χ0v) is 18.0. The first-order chi connectivity index (χ1) is 15.6. The van der Waals surface area contributed by atoms with Crippen LogP contribution in [0, 0.1) is 13.8 Å². The third kappa shape index (κ3) is 3.69. The van der Waals surface area contributed by atoms with Crippen LogP contribution >= 0.6 is 0 Å². The van der Waals surface area contributed by atoms with Crippen molar-refractivity contribution >= 4 is 33.7 Å². The molecule has 2 aromatic heterocycles. The number of aryl methyl sites for hydroxylation is 2. The zero-order valence-electron chi connectivity index (χ0n) is 18.0. The van der Waals surface area contributed by atoms with Crippen LogP contribution in [0.2, 0.25) is 0 Å². The van der Waals surface area contributed by atoms with Crippen LogP contribution in [0.4, 0.5) is 0 Å². The molecule has 0 aliphatic rings. The monoisotopic (exact) mass is 414 g/mol. The Morgan fingerprint density at radius 2 is 1.69 bits per heavy atom. The molecule has 3 nitrogen and oxygen atoms in total. The van der Waals surface area contributed by atoms with Crippen molar-refractivity contribution < 1.29 is 4.79 Å². The van der Waals surface area contributed by atoms with Crippen LogP contribution in [0.1, 0.15) is 27.2 Å². The molecule has 32 heavy (non-hydrogen) atoms. The van der Waals surface area contributed by atoms with Gasteiger partial charge in [0.25, 0.3) is 0 Å². The van der Waals surface area contributed by atoms with E-state index in [9.17, 15) is 4.79 Å². The fraction of sp³-hybridized carbons (Fsp3) is 0.0690. The second-order valence-electron chi connectivity index (χ2n) is 7.99. The molecule has 0 aliphatic heterocycles. The molecule has 154 valence electrons. The first-order valence-corrected chi connectivity index (χ1v) is 10.6. The molecule has 3 aromatic carbocycles. The lowest BCUT2D eigenvalue weighted by molar-refractivity contribution is 0.104. The zero-order chi connectivity index (χ0) is 22.1. The maximum absolute atomic E-state index is 13.5. The third-order valence-electron chi connectivity index (χ3n) is 5.69. The van der Waals surface area contributed by atoms with Gasteiger partial charge >= 0.3 is 0 Å². The van der Waals surface area contributed by atoms with Crippen LogP contribution in [0.25, 0.3) is 39.0 Å². The lowest BCUT2D eigenvalue weighted by Crippen LogP contribution is -2.05. The largest absolute Gasteiger partial charge is 0.289 e. The molecule has 0 saturated carbocycles. The van der Waals surface area contributed by atoms with Crippen molar-refractivity contribution in [2.75, 3.05) is 0 Å². The van der Waals surface area contributed by atoms with Gasteiger partial charge in [0, 0.05) is 28.2 Å². The molecule has 3 heteroatoms. The van der Waals surface area contributed by atoms with E-state index in [2.05, 4.69) is 24.0 Å². The smallest absolute Gasteiger partial charge is 0.188 e. The van der Waals surface area contributed by atoms with Gasteiger partial charge in [-0.2, -0.15) is 0 Å². The van der Waals surface area contributed by atoms with Crippen LogP contribution in [-0.2, 0) is 0 Å². The fourth-order valence-corrected chi connectivity index (χ4v) is 4.15. The third-order valence-corrected chi connectivity index (χ3v) is 5.69. The van der Waals surface area contributed by atoms with Crippen LogP contribution < -0.4 is 0 Å². The number of nitrogens with zero attached hydrogens (tertiary/aromatic N) is 2. The summed E-state index contributed by atoms with van der Waals surface area (Å²) in [7, 11) is 0. The molecule has 0 bridgehead atoms. The van der Waals surface area contributed by atoms with Crippen molar-refractivity contribution in [1.82, 2.24) is 9.97 Å². The number of carbonyl (C=O) groups is 1. The van der Waals surface area contributed by atoms with Gasteiger partial charge in [-0.1, -0.05) is 66.2 Å². The van der Waals surface area contributed by atoms with Gasteiger partial charge in [0.05, 0.1) is 16.6 Å². The maximum atomic E-state index is 13.5. The van der Waals surface area contributed by atoms with Gasteiger partial charge in [-0.3, -0.25) is 14.8 Å². The number of benzene rings is 3. The molecule has 0 spiro atoms. The number of ketones is 1. The Morgan fingerprint density at radius 3 is 2.53 bits per heavy atom. The number of hydrogen-bond acceptors (Lipinski definition) is 3. The van der Waals surface area contributed by atoms with Crippen molar-refractivity contribution in [2.45, 2.75) is 13.8 Å². The Bertz CT molecular complexity index is 1500. The molecule has 5 aromatic rings. The summed E-state index contributed by atoms with van der Waals surface area (Å²) in [6, 6.07) is 26.2. The Hall–Kier alpha value is -4.11. The molecule has 2 heterocycles. The van der Waals surface area contributed by atoms with Gasteiger partial charge in [0.2, 0.25) is 0 Å². The molecule has 5 rings (SSSR count). The normalized spacial score (nSPS) is 11.4. The molecule has 0 fully saturated rings. The highest BCUT2D eigenvalue weighted by Gasteiger charge is 2.19. The molecule has 0 N–H and O–H groups in total. The van der Waals surface area contributed by atoms with E-state index in [0.29, 0.717) is 5.56 Å². The van der Waals surface area contributed by atoms with Crippen molar-refractivity contribution in [1.29, 1.82) is 0 Å².